The number of rotatable bonds is 7. The lowest BCUT2D eigenvalue weighted by Gasteiger charge is -2.31. The second-order valence-corrected chi connectivity index (χ2v) is 12.2. The molecule has 15 heteroatoms. The van der Waals surface area contributed by atoms with Crippen LogP contribution in [0.1, 0.15) is 16.4 Å². The minimum absolute atomic E-state index is 0.172. The zero-order valence-electron chi connectivity index (χ0n) is 21.6. The number of nitrogens with one attached hydrogen (secondary N) is 2. The number of nitrogens with zero attached hydrogens (tertiary/aromatic N) is 2. The first-order valence-corrected chi connectivity index (χ1v) is 14.7. The molecule has 1 saturated heterocycles. The van der Waals surface area contributed by atoms with Gasteiger partial charge in [0.1, 0.15) is 16.8 Å². The lowest BCUT2D eigenvalue weighted by molar-refractivity contribution is -0.384. The van der Waals surface area contributed by atoms with Gasteiger partial charge in [0.2, 0.25) is 11.8 Å². The molecule has 218 valence electrons. The number of aromatic nitrogens is 1. The number of nitro groups is 1. The van der Waals surface area contributed by atoms with Crippen LogP contribution in [0.2, 0.25) is 5.02 Å². The number of non-ortho nitro benzene ring substituents is 1. The van der Waals surface area contributed by atoms with Crippen molar-refractivity contribution in [3.8, 4) is 5.75 Å². The number of thioether (sulfide) groups is 1. The van der Waals surface area contributed by atoms with E-state index in [4.69, 9.17) is 16.3 Å². The van der Waals surface area contributed by atoms with E-state index in [0.29, 0.717) is 26.2 Å². The van der Waals surface area contributed by atoms with Gasteiger partial charge in [0.25, 0.3) is 11.6 Å². The van der Waals surface area contributed by atoms with Gasteiger partial charge >= 0.3 is 4.87 Å². The third-order valence-electron chi connectivity index (χ3n) is 6.94. The number of hydrogen-bond acceptors (Lipinski definition) is 9. The van der Waals surface area contributed by atoms with Crippen molar-refractivity contribution in [1.29, 1.82) is 0 Å². The molecule has 2 unspecified atom stereocenters. The summed E-state index contributed by atoms with van der Waals surface area (Å²) in [7, 11) is 0. The largest absolute Gasteiger partial charge is 0.483 e. The summed E-state index contributed by atoms with van der Waals surface area (Å²) >= 11 is 8.33. The number of hydrogen-bond donors (Lipinski definition) is 2. The number of benzene rings is 3. The Morgan fingerprint density at radius 1 is 1.07 bits per heavy atom. The highest BCUT2D eigenvalue weighted by Crippen LogP contribution is 2.54. The summed E-state index contributed by atoms with van der Waals surface area (Å²) < 4.78 is 19.1. The van der Waals surface area contributed by atoms with Crippen molar-refractivity contribution < 1.29 is 28.4 Å². The fourth-order valence-corrected chi connectivity index (χ4v) is 7.78. The van der Waals surface area contributed by atoms with Crippen molar-refractivity contribution in [1.82, 2.24) is 4.98 Å². The lowest BCUT2D eigenvalue weighted by atomic mass is 9.82. The van der Waals surface area contributed by atoms with Crippen LogP contribution < -0.4 is 19.8 Å². The minimum Gasteiger partial charge on any atom is -0.483 e. The van der Waals surface area contributed by atoms with E-state index in [0.717, 1.165) is 28.0 Å². The van der Waals surface area contributed by atoms with Gasteiger partial charge < -0.3 is 15.0 Å². The van der Waals surface area contributed by atoms with E-state index in [-0.39, 0.29) is 22.0 Å². The number of aromatic amines is 1. The smallest absolute Gasteiger partial charge is 0.305 e. The van der Waals surface area contributed by atoms with Crippen molar-refractivity contribution in [3.63, 3.8) is 0 Å². The molecule has 2 aliphatic heterocycles. The molecular formula is C28H18ClFN4O7S2. The first-order valence-electron chi connectivity index (χ1n) is 12.6. The van der Waals surface area contributed by atoms with Crippen LogP contribution in [0.25, 0.3) is 0 Å². The molecule has 4 aromatic rings. The van der Waals surface area contributed by atoms with Gasteiger partial charge in [-0.2, -0.15) is 0 Å². The molecular weight excluding hydrogens is 623 g/mol. The van der Waals surface area contributed by atoms with Crippen molar-refractivity contribution in [2.75, 3.05) is 16.8 Å². The fraction of sp³-hybridized carbons (Fsp3) is 0.143. The standard InChI is InChI=1S/C28H18ClFN4O7S2/c29-13-1-10-19(41-12-20(35)31-15-4-2-14(30)3-5-15)18(11-13)21-22-24(42-25-23(21)43-28(38)32-25)27(37)33(26(22)36)16-6-8-17(9-7-16)34(39)40/h1-11,21-22,24H,12H2,(H,31,35)(H,32,38)/t21-,22?,24?/m1/s1. The Kier molecular flexibility index (Phi) is 7.50. The third-order valence-corrected chi connectivity index (χ3v) is 9.57. The highest BCUT2D eigenvalue weighted by Gasteiger charge is 2.57. The molecule has 0 saturated carbocycles. The van der Waals surface area contributed by atoms with Crippen LogP contribution in [0.15, 0.2) is 76.6 Å². The van der Waals surface area contributed by atoms with Crippen molar-refractivity contribution >= 4 is 69.5 Å². The number of halogens is 2. The third kappa shape index (κ3) is 5.40. The number of anilines is 2. The molecule has 0 aliphatic carbocycles. The average Bonchev–Trinajstić information content (AvgIpc) is 3.47. The van der Waals surface area contributed by atoms with E-state index >= 15 is 0 Å². The normalized spacial score (nSPS) is 19.1. The Labute approximate surface area is 254 Å². The van der Waals surface area contributed by atoms with Crippen LogP contribution in [-0.4, -0.2) is 39.5 Å². The SMILES string of the molecule is O=C(COc1ccc(Cl)cc1[C@H]1c2sc(=O)[nH]c2SC2C(=O)N(c3ccc([N+](=O)[O-])cc3)C(=O)C21)Nc1ccc(F)cc1. The Morgan fingerprint density at radius 3 is 2.49 bits per heavy atom. The topological polar surface area (TPSA) is 152 Å². The highest BCUT2D eigenvalue weighted by atomic mass is 35.5. The number of fused-ring (bicyclic) bond motifs is 2. The maximum Gasteiger partial charge on any atom is 0.305 e. The van der Waals surface area contributed by atoms with Crippen LogP contribution in [0.3, 0.4) is 0 Å². The maximum atomic E-state index is 14.0. The summed E-state index contributed by atoms with van der Waals surface area (Å²) in [5.74, 6) is -3.72. The molecule has 3 amide bonds. The molecule has 11 nitrogen and oxygen atoms in total. The Bertz CT molecular complexity index is 1850. The quantitative estimate of drug-likeness (QED) is 0.164. The Hall–Kier alpha value is -4.53. The first kappa shape index (κ1) is 28.6. The Balaban J connectivity index is 1.35. The molecule has 0 radical (unpaired) electrons. The van der Waals surface area contributed by atoms with E-state index in [1.54, 1.807) is 12.1 Å². The molecule has 2 N–H and O–H groups in total. The van der Waals surface area contributed by atoms with Crippen LogP contribution in [0.4, 0.5) is 21.5 Å². The predicted molar refractivity (Wildman–Crippen MR) is 157 cm³/mol. The molecule has 0 bridgehead atoms. The molecule has 6 rings (SSSR count). The van der Waals surface area contributed by atoms with E-state index in [1.165, 1.54) is 54.6 Å². The van der Waals surface area contributed by atoms with E-state index < -0.39 is 52.2 Å². The minimum atomic E-state index is -0.986. The molecule has 1 aromatic heterocycles. The number of nitro benzene ring substituents is 1. The van der Waals surface area contributed by atoms with Gasteiger partial charge in [-0.25, -0.2) is 9.29 Å². The number of amides is 3. The van der Waals surface area contributed by atoms with E-state index in [9.17, 15) is 33.7 Å². The number of carbonyl (C=O) groups is 3. The van der Waals surface area contributed by atoms with Crippen LogP contribution in [-0.2, 0) is 14.4 Å². The van der Waals surface area contributed by atoms with Gasteiger partial charge in [-0.3, -0.25) is 29.3 Å². The van der Waals surface area contributed by atoms with E-state index in [2.05, 4.69) is 10.3 Å². The number of H-pyrrole nitrogens is 1. The molecule has 2 aliphatic rings. The second kappa shape index (κ2) is 11.3. The lowest BCUT2D eigenvalue weighted by Crippen LogP contribution is -2.32. The molecule has 3 aromatic carbocycles. The van der Waals surface area contributed by atoms with Crippen molar-refractivity contribution in [2.45, 2.75) is 16.2 Å². The number of carbonyl (C=O) groups excluding carboxylic acids is 3. The van der Waals surface area contributed by atoms with Gasteiger partial charge in [0.05, 0.1) is 21.6 Å². The molecule has 3 atom stereocenters. The monoisotopic (exact) mass is 640 g/mol. The summed E-state index contributed by atoms with van der Waals surface area (Å²) in [4.78, 5) is 67.1. The summed E-state index contributed by atoms with van der Waals surface area (Å²) in [6.45, 7) is -0.445. The maximum absolute atomic E-state index is 14.0. The van der Waals surface area contributed by atoms with Gasteiger partial charge in [0.15, 0.2) is 6.61 Å². The average molecular weight is 641 g/mol. The zero-order chi connectivity index (χ0) is 30.4. The fourth-order valence-electron chi connectivity index (χ4n) is 5.10. The highest BCUT2D eigenvalue weighted by molar-refractivity contribution is 8.00. The Morgan fingerprint density at radius 2 is 1.79 bits per heavy atom. The summed E-state index contributed by atoms with van der Waals surface area (Å²) in [5, 5.41) is 13.5. The van der Waals surface area contributed by atoms with Crippen molar-refractivity contribution in [3.05, 3.63) is 108 Å². The molecule has 0 spiro atoms. The van der Waals surface area contributed by atoms with Crippen molar-refractivity contribution in [2.24, 2.45) is 5.92 Å². The molecule has 43 heavy (non-hydrogen) atoms. The van der Waals surface area contributed by atoms with Gasteiger partial charge in [-0.15, -0.1) is 0 Å². The van der Waals surface area contributed by atoms with Crippen LogP contribution >= 0.6 is 34.7 Å². The number of thiazole rings is 1. The van der Waals surface area contributed by atoms with Gasteiger partial charge in [-0.1, -0.05) is 34.7 Å². The molecule has 3 heterocycles. The summed E-state index contributed by atoms with van der Waals surface area (Å²) in [6, 6.07) is 14.9. The summed E-state index contributed by atoms with van der Waals surface area (Å²) in [5.41, 5.74) is 0.727. The van der Waals surface area contributed by atoms with Crippen LogP contribution in [0.5, 0.6) is 5.75 Å². The predicted octanol–water partition coefficient (Wildman–Crippen LogP) is 4.95. The summed E-state index contributed by atoms with van der Waals surface area (Å²) in [6.07, 6.45) is 0. The van der Waals surface area contributed by atoms with Gasteiger partial charge in [-0.05, 0) is 54.6 Å². The van der Waals surface area contributed by atoms with Crippen LogP contribution in [0, 0.1) is 21.8 Å². The van der Waals surface area contributed by atoms with Gasteiger partial charge in [0, 0.05) is 39.2 Å². The van der Waals surface area contributed by atoms with E-state index in [1.807, 2.05) is 0 Å². The zero-order valence-corrected chi connectivity index (χ0v) is 24.0. The molecule has 1 fully saturated rings. The number of ether oxygens (including phenoxy) is 1. The number of imide groups is 1. The second-order valence-electron chi connectivity index (χ2n) is 9.56. The first-order chi connectivity index (χ1) is 20.6.